The zero-order valence-corrected chi connectivity index (χ0v) is 8.63. The summed E-state index contributed by atoms with van der Waals surface area (Å²) in [6, 6.07) is 13.2. The normalized spacial score (nSPS) is 12.6. The summed E-state index contributed by atoms with van der Waals surface area (Å²) in [7, 11) is 0. The van der Waals surface area contributed by atoms with Crippen molar-refractivity contribution >= 4 is 16.7 Å². The summed E-state index contributed by atoms with van der Waals surface area (Å²) in [5.74, 6) is -1.85. The molecule has 2 rings (SSSR count). The van der Waals surface area contributed by atoms with Gasteiger partial charge in [-0.2, -0.15) is 0 Å². The first-order valence-electron chi connectivity index (χ1n) is 5.04. The van der Waals surface area contributed by atoms with Crippen LogP contribution in [0.25, 0.3) is 10.8 Å². The second kappa shape index (κ2) is 4.33. The van der Waals surface area contributed by atoms with Crippen LogP contribution in [0.1, 0.15) is 11.5 Å². The Balaban J connectivity index is 2.49. The number of hydrogen-bond acceptors (Lipinski definition) is 2. The van der Waals surface area contributed by atoms with Gasteiger partial charge in [-0.3, -0.25) is 4.79 Å². The molecule has 0 saturated heterocycles. The Hall–Kier alpha value is -1.87. The van der Waals surface area contributed by atoms with Gasteiger partial charge in [0.25, 0.3) is 0 Å². The van der Waals surface area contributed by atoms with Gasteiger partial charge < -0.3 is 10.2 Å². The highest BCUT2D eigenvalue weighted by molar-refractivity contribution is 5.85. The molecular formula is C13H12O3. The fourth-order valence-corrected chi connectivity index (χ4v) is 1.75. The van der Waals surface area contributed by atoms with Gasteiger partial charge in [0.1, 0.15) is 5.92 Å². The third-order valence-corrected chi connectivity index (χ3v) is 2.66. The maximum Gasteiger partial charge on any atom is 0.313 e. The first-order chi connectivity index (χ1) is 7.72. The summed E-state index contributed by atoms with van der Waals surface area (Å²) >= 11 is 0. The summed E-state index contributed by atoms with van der Waals surface area (Å²) in [4.78, 5) is 10.9. The molecule has 3 heteroatoms. The van der Waals surface area contributed by atoms with E-state index < -0.39 is 11.9 Å². The predicted molar refractivity (Wildman–Crippen MR) is 61.4 cm³/mol. The van der Waals surface area contributed by atoms with Crippen molar-refractivity contribution in [2.24, 2.45) is 0 Å². The van der Waals surface area contributed by atoms with Crippen LogP contribution < -0.4 is 0 Å². The molecule has 0 fully saturated rings. The van der Waals surface area contributed by atoms with E-state index in [9.17, 15) is 4.79 Å². The lowest BCUT2D eigenvalue weighted by atomic mass is 9.97. The molecular weight excluding hydrogens is 204 g/mol. The zero-order valence-electron chi connectivity index (χ0n) is 8.63. The summed E-state index contributed by atoms with van der Waals surface area (Å²) in [6.45, 7) is -0.381. The first-order valence-corrected chi connectivity index (χ1v) is 5.04. The van der Waals surface area contributed by atoms with Crippen LogP contribution >= 0.6 is 0 Å². The molecule has 2 aromatic carbocycles. The molecule has 2 aromatic rings. The van der Waals surface area contributed by atoms with Crippen molar-refractivity contribution in [2.75, 3.05) is 6.61 Å². The van der Waals surface area contributed by atoms with Crippen LogP contribution in [0.2, 0.25) is 0 Å². The maximum atomic E-state index is 10.9. The van der Waals surface area contributed by atoms with E-state index in [2.05, 4.69) is 0 Å². The van der Waals surface area contributed by atoms with Gasteiger partial charge in [0.05, 0.1) is 6.61 Å². The molecule has 0 aliphatic rings. The Labute approximate surface area is 93.0 Å². The third kappa shape index (κ3) is 1.90. The minimum Gasteiger partial charge on any atom is -0.481 e. The lowest BCUT2D eigenvalue weighted by Crippen LogP contribution is -2.15. The van der Waals surface area contributed by atoms with E-state index in [1.54, 1.807) is 6.07 Å². The summed E-state index contributed by atoms with van der Waals surface area (Å²) in [5, 5.41) is 20.0. The van der Waals surface area contributed by atoms with E-state index in [0.717, 1.165) is 10.8 Å². The van der Waals surface area contributed by atoms with E-state index in [-0.39, 0.29) is 6.61 Å². The lowest BCUT2D eigenvalue weighted by molar-refractivity contribution is -0.139. The number of aliphatic hydroxyl groups is 1. The van der Waals surface area contributed by atoms with Gasteiger partial charge in [0.15, 0.2) is 0 Å². The van der Waals surface area contributed by atoms with Crippen molar-refractivity contribution in [2.45, 2.75) is 5.92 Å². The lowest BCUT2D eigenvalue weighted by Gasteiger charge is -2.10. The summed E-state index contributed by atoms with van der Waals surface area (Å²) in [5.41, 5.74) is 0.633. The molecule has 0 heterocycles. The molecule has 1 atom stereocenters. The third-order valence-electron chi connectivity index (χ3n) is 2.66. The van der Waals surface area contributed by atoms with Crippen LogP contribution in [-0.2, 0) is 4.79 Å². The predicted octanol–water partition coefficient (Wildman–Crippen LogP) is 2.00. The molecule has 0 saturated carbocycles. The van der Waals surface area contributed by atoms with Crippen molar-refractivity contribution < 1.29 is 15.0 Å². The molecule has 0 bridgehead atoms. The Morgan fingerprint density at radius 1 is 1.12 bits per heavy atom. The molecule has 0 spiro atoms. The second-order valence-electron chi connectivity index (χ2n) is 3.68. The molecule has 0 radical (unpaired) electrons. The van der Waals surface area contributed by atoms with Crippen molar-refractivity contribution in [1.82, 2.24) is 0 Å². The van der Waals surface area contributed by atoms with Gasteiger partial charge >= 0.3 is 5.97 Å². The first kappa shape index (κ1) is 10.6. The van der Waals surface area contributed by atoms with Crippen LogP contribution in [-0.4, -0.2) is 22.8 Å². The van der Waals surface area contributed by atoms with Crippen molar-refractivity contribution in [3.05, 3.63) is 48.0 Å². The Morgan fingerprint density at radius 2 is 1.81 bits per heavy atom. The van der Waals surface area contributed by atoms with E-state index in [1.165, 1.54) is 0 Å². The van der Waals surface area contributed by atoms with Crippen LogP contribution in [0.3, 0.4) is 0 Å². The smallest absolute Gasteiger partial charge is 0.313 e. The van der Waals surface area contributed by atoms with Gasteiger partial charge in [-0.15, -0.1) is 0 Å². The number of carboxylic acid groups (broad SMARTS) is 1. The van der Waals surface area contributed by atoms with E-state index in [4.69, 9.17) is 10.2 Å². The van der Waals surface area contributed by atoms with Gasteiger partial charge in [0, 0.05) is 0 Å². The average Bonchev–Trinajstić information content (AvgIpc) is 2.29. The Bertz CT molecular complexity index is 519. The molecule has 2 N–H and O–H groups in total. The topological polar surface area (TPSA) is 57.5 Å². The van der Waals surface area contributed by atoms with E-state index in [1.807, 2.05) is 36.4 Å². The quantitative estimate of drug-likeness (QED) is 0.825. The van der Waals surface area contributed by atoms with Gasteiger partial charge in [-0.1, -0.05) is 42.5 Å². The highest BCUT2D eigenvalue weighted by Crippen LogP contribution is 2.21. The number of aliphatic hydroxyl groups excluding tert-OH is 1. The fraction of sp³-hybridized carbons (Fsp3) is 0.154. The number of benzene rings is 2. The molecule has 0 unspecified atom stereocenters. The highest BCUT2D eigenvalue weighted by atomic mass is 16.4. The summed E-state index contributed by atoms with van der Waals surface area (Å²) < 4.78 is 0. The van der Waals surface area contributed by atoms with Crippen molar-refractivity contribution in [3.8, 4) is 0 Å². The highest BCUT2D eigenvalue weighted by Gasteiger charge is 2.18. The van der Waals surface area contributed by atoms with E-state index in [0.29, 0.717) is 5.56 Å². The molecule has 3 nitrogen and oxygen atoms in total. The molecule has 16 heavy (non-hydrogen) atoms. The largest absolute Gasteiger partial charge is 0.481 e. The molecule has 0 aromatic heterocycles. The molecule has 0 amide bonds. The minimum absolute atomic E-state index is 0.381. The number of rotatable bonds is 3. The van der Waals surface area contributed by atoms with Crippen LogP contribution in [0.4, 0.5) is 0 Å². The molecule has 0 aliphatic carbocycles. The second-order valence-corrected chi connectivity index (χ2v) is 3.68. The van der Waals surface area contributed by atoms with E-state index >= 15 is 0 Å². The number of hydrogen-bond donors (Lipinski definition) is 2. The Morgan fingerprint density at radius 3 is 2.44 bits per heavy atom. The van der Waals surface area contributed by atoms with Crippen molar-refractivity contribution in [1.29, 1.82) is 0 Å². The number of fused-ring (bicyclic) bond motifs is 1. The number of aliphatic carboxylic acids is 1. The van der Waals surface area contributed by atoms with Gasteiger partial charge in [-0.25, -0.2) is 0 Å². The molecule has 0 aliphatic heterocycles. The van der Waals surface area contributed by atoms with Crippen LogP contribution in [0.15, 0.2) is 42.5 Å². The average molecular weight is 216 g/mol. The van der Waals surface area contributed by atoms with Crippen molar-refractivity contribution in [3.63, 3.8) is 0 Å². The standard InChI is InChI=1S/C13H12O3/c14-8-12(13(15)16)11-6-5-9-3-1-2-4-10(9)7-11/h1-7,12,14H,8H2,(H,15,16)/t12-/m1/s1. The SMILES string of the molecule is O=C(O)[C@H](CO)c1ccc2ccccc2c1. The van der Waals surface area contributed by atoms with Gasteiger partial charge in [-0.05, 0) is 16.3 Å². The van der Waals surface area contributed by atoms with Crippen LogP contribution in [0, 0.1) is 0 Å². The monoisotopic (exact) mass is 216 g/mol. The maximum absolute atomic E-state index is 10.9. The molecule has 82 valence electrons. The summed E-state index contributed by atoms with van der Waals surface area (Å²) in [6.07, 6.45) is 0. The Kier molecular flexibility index (Phi) is 2.88. The number of carbonyl (C=O) groups is 1. The zero-order chi connectivity index (χ0) is 11.5. The fourth-order valence-electron chi connectivity index (χ4n) is 1.75. The van der Waals surface area contributed by atoms with Crippen LogP contribution in [0.5, 0.6) is 0 Å². The minimum atomic E-state index is -1.00. The van der Waals surface area contributed by atoms with Gasteiger partial charge in [0.2, 0.25) is 0 Å². The number of carboxylic acids is 1.